The van der Waals surface area contributed by atoms with E-state index in [1.807, 2.05) is 13.8 Å². The number of halogens is 1. The zero-order valence-electron chi connectivity index (χ0n) is 17.3. The van der Waals surface area contributed by atoms with E-state index in [2.05, 4.69) is 5.32 Å². The van der Waals surface area contributed by atoms with Crippen LogP contribution in [0.15, 0.2) is 34.7 Å². The summed E-state index contributed by atoms with van der Waals surface area (Å²) in [7, 11) is 1.31. The summed E-state index contributed by atoms with van der Waals surface area (Å²) in [5.41, 5.74) is 2.75. The number of rotatable bonds is 4. The van der Waals surface area contributed by atoms with Crippen molar-refractivity contribution in [3.63, 3.8) is 0 Å². The van der Waals surface area contributed by atoms with E-state index in [9.17, 15) is 14.7 Å². The van der Waals surface area contributed by atoms with Crippen LogP contribution in [0.1, 0.15) is 52.0 Å². The standard InChI is InChI=1S/C22H26ClNO5/c1-6-29-16-8-12(7-13(23)20(16)26)18-17(21(27)28-5)11(2)24-14-9-22(3,4)10-15(25)19(14)18/h7-8,18,24,26H,6,9-10H2,1-5H3/t18-/m0/s1. The van der Waals surface area contributed by atoms with Gasteiger partial charge in [0.25, 0.3) is 0 Å². The zero-order valence-corrected chi connectivity index (χ0v) is 18.1. The van der Waals surface area contributed by atoms with E-state index >= 15 is 0 Å². The lowest BCUT2D eigenvalue weighted by molar-refractivity contribution is -0.136. The normalized spacial score (nSPS) is 20.9. The number of ketones is 1. The Kier molecular flexibility index (Phi) is 5.68. The molecule has 1 heterocycles. The van der Waals surface area contributed by atoms with E-state index in [-0.39, 0.29) is 27.7 Å². The van der Waals surface area contributed by atoms with Crippen molar-refractivity contribution < 1.29 is 24.2 Å². The minimum Gasteiger partial charge on any atom is -0.503 e. The van der Waals surface area contributed by atoms with Crippen molar-refractivity contribution in [3.8, 4) is 11.5 Å². The van der Waals surface area contributed by atoms with Gasteiger partial charge in [0.15, 0.2) is 17.3 Å². The Balaban J connectivity index is 2.25. The van der Waals surface area contributed by atoms with Crippen LogP contribution in [0.3, 0.4) is 0 Å². The molecule has 1 aliphatic heterocycles. The zero-order chi connectivity index (χ0) is 21.5. The lowest BCUT2D eigenvalue weighted by Crippen LogP contribution is -2.38. The summed E-state index contributed by atoms with van der Waals surface area (Å²) < 4.78 is 10.5. The van der Waals surface area contributed by atoms with Crippen LogP contribution in [0.25, 0.3) is 0 Å². The average molecular weight is 420 g/mol. The number of carbonyl (C=O) groups is 2. The summed E-state index contributed by atoms with van der Waals surface area (Å²) in [6, 6.07) is 3.21. The molecule has 1 aromatic rings. The van der Waals surface area contributed by atoms with Crippen LogP contribution in [0.4, 0.5) is 0 Å². The summed E-state index contributed by atoms with van der Waals surface area (Å²) in [6.45, 7) is 8.01. The van der Waals surface area contributed by atoms with E-state index in [4.69, 9.17) is 21.1 Å². The Labute approximate surface area is 175 Å². The Morgan fingerprint density at radius 2 is 2.03 bits per heavy atom. The van der Waals surface area contributed by atoms with Crippen LogP contribution >= 0.6 is 11.6 Å². The second kappa shape index (κ2) is 7.75. The number of allylic oxidation sites excluding steroid dienone is 3. The van der Waals surface area contributed by atoms with E-state index in [1.165, 1.54) is 7.11 Å². The highest BCUT2D eigenvalue weighted by molar-refractivity contribution is 6.32. The van der Waals surface area contributed by atoms with Crippen molar-refractivity contribution in [1.82, 2.24) is 5.32 Å². The van der Waals surface area contributed by atoms with Gasteiger partial charge in [-0.3, -0.25) is 4.79 Å². The van der Waals surface area contributed by atoms with Crippen molar-refractivity contribution >= 4 is 23.4 Å². The summed E-state index contributed by atoms with van der Waals surface area (Å²) in [5.74, 6) is -1.16. The van der Waals surface area contributed by atoms with Crippen molar-refractivity contribution in [2.24, 2.45) is 5.41 Å². The second-order valence-corrected chi connectivity index (χ2v) is 8.61. The number of benzene rings is 1. The molecule has 29 heavy (non-hydrogen) atoms. The first-order valence-corrected chi connectivity index (χ1v) is 9.95. The van der Waals surface area contributed by atoms with Crippen LogP contribution < -0.4 is 10.1 Å². The molecular formula is C22H26ClNO5. The molecule has 0 radical (unpaired) electrons. The molecule has 0 saturated carbocycles. The molecular weight excluding hydrogens is 394 g/mol. The number of carbonyl (C=O) groups excluding carboxylic acids is 2. The smallest absolute Gasteiger partial charge is 0.336 e. The Morgan fingerprint density at radius 3 is 2.66 bits per heavy atom. The monoisotopic (exact) mass is 419 g/mol. The van der Waals surface area contributed by atoms with Gasteiger partial charge in [0.1, 0.15) is 0 Å². The molecule has 0 unspecified atom stereocenters. The molecule has 0 amide bonds. The number of dihydropyridines is 1. The molecule has 0 bridgehead atoms. The third-order valence-electron chi connectivity index (χ3n) is 5.33. The van der Waals surface area contributed by atoms with Crippen LogP contribution in [0.5, 0.6) is 11.5 Å². The summed E-state index contributed by atoms with van der Waals surface area (Å²) in [5, 5.41) is 13.6. The van der Waals surface area contributed by atoms with Gasteiger partial charge in [-0.2, -0.15) is 0 Å². The average Bonchev–Trinajstić information content (AvgIpc) is 2.62. The second-order valence-electron chi connectivity index (χ2n) is 8.20. The molecule has 0 aromatic heterocycles. The fraction of sp³-hybridized carbons (Fsp3) is 0.455. The highest BCUT2D eigenvalue weighted by Gasteiger charge is 2.43. The number of hydrogen-bond donors (Lipinski definition) is 2. The van der Waals surface area contributed by atoms with Gasteiger partial charge < -0.3 is 19.9 Å². The highest BCUT2D eigenvalue weighted by atomic mass is 35.5. The molecule has 156 valence electrons. The van der Waals surface area contributed by atoms with Crippen molar-refractivity contribution in [1.29, 1.82) is 0 Å². The SMILES string of the molecule is CCOc1cc([C@H]2C(C(=O)OC)=C(C)NC3=C2C(=O)CC(C)(C)C3)cc(Cl)c1O. The molecule has 2 N–H and O–H groups in total. The van der Waals surface area contributed by atoms with Crippen molar-refractivity contribution in [3.05, 3.63) is 45.3 Å². The van der Waals surface area contributed by atoms with Crippen LogP contribution in [0, 0.1) is 5.41 Å². The predicted molar refractivity (Wildman–Crippen MR) is 110 cm³/mol. The number of nitrogens with one attached hydrogen (secondary N) is 1. The first kappa shape index (κ1) is 21.2. The minimum atomic E-state index is -0.653. The third-order valence-corrected chi connectivity index (χ3v) is 5.62. The van der Waals surface area contributed by atoms with Crippen molar-refractivity contribution in [2.45, 2.75) is 46.5 Å². The Bertz CT molecular complexity index is 945. The molecule has 3 rings (SSSR count). The summed E-state index contributed by atoms with van der Waals surface area (Å²) in [6.07, 6.45) is 1.06. The molecule has 1 aliphatic carbocycles. The van der Waals surface area contributed by atoms with E-state index in [1.54, 1.807) is 26.0 Å². The number of phenolic OH excluding ortho intramolecular Hbond substituents is 1. The summed E-state index contributed by atoms with van der Waals surface area (Å²) in [4.78, 5) is 25.8. The molecule has 6 nitrogen and oxygen atoms in total. The highest BCUT2D eigenvalue weighted by Crippen LogP contribution is 2.48. The summed E-state index contributed by atoms with van der Waals surface area (Å²) >= 11 is 6.25. The molecule has 0 saturated heterocycles. The number of hydrogen-bond acceptors (Lipinski definition) is 6. The van der Waals surface area contributed by atoms with Gasteiger partial charge >= 0.3 is 5.97 Å². The van der Waals surface area contributed by atoms with Gasteiger partial charge in [-0.1, -0.05) is 25.4 Å². The lowest BCUT2D eigenvalue weighted by atomic mass is 9.68. The number of ether oxygens (including phenoxy) is 2. The molecule has 0 spiro atoms. The molecule has 1 atom stereocenters. The van der Waals surface area contributed by atoms with Crippen molar-refractivity contribution in [2.75, 3.05) is 13.7 Å². The minimum absolute atomic E-state index is 0.0233. The van der Waals surface area contributed by atoms with Gasteiger partial charge in [0, 0.05) is 29.3 Å². The Hall–Kier alpha value is -2.47. The maximum absolute atomic E-state index is 13.2. The van der Waals surface area contributed by atoms with Gasteiger partial charge in [0.05, 0.1) is 24.3 Å². The van der Waals surface area contributed by atoms with Gasteiger partial charge in [-0.15, -0.1) is 0 Å². The molecule has 7 heteroatoms. The number of esters is 1. The number of aromatic hydroxyl groups is 1. The molecule has 1 aromatic carbocycles. The first-order valence-electron chi connectivity index (χ1n) is 9.57. The van der Waals surface area contributed by atoms with Crippen LogP contribution in [-0.2, 0) is 14.3 Å². The van der Waals surface area contributed by atoms with Gasteiger partial charge in [-0.05, 0) is 43.4 Å². The largest absolute Gasteiger partial charge is 0.503 e. The number of Topliss-reactive ketones (excluding diaryl/α,β-unsaturated/α-hetero) is 1. The fourth-order valence-electron chi connectivity index (χ4n) is 4.18. The fourth-order valence-corrected chi connectivity index (χ4v) is 4.40. The van der Waals surface area contributed by atoms with Gasteiger partial charge in [0.2, 0.25) is 0 Å². The third kappa shape index (κ3) is 3.86. The number of phenols is 1. The molecule has 0 fully saturated rings. The number of methoxy groups -OCH3 is 1. The lowest BCUT2D eigenvalue weighted by Gasteiger charge is -2.39. The van der Waals surface area contributed by atoms with E-state index in [0.717, 1.165) is 5.70 Å². The Morgan fingerprint density at radius 1 is 1.34 bits per heavy atom. The maximum atomic E-state index is 13.2. The topological polar surface area (TPSA) is 84.9 Å². The van der Waals surface area contributed by atoms with Crippen LogP contribution in [0.2, 0.25) is 5.02 Å². The van der Waals surface area contributed by atoms with Gasteiger partial charge in [-0.25, -0.2) is 4.79 Å². The van der Waals surface area contributed by atoms with Crippen LogP contribution in [-0.4, -0.2) is 30.6 Å². The first-order chi connectivity index (χ1) is 13.6. The molecule has 2 aliphatic rings. The van der Waals surface area contributed by atoms with E-state index in [0.29, 0.717) is 41.9 Å². The maximum Gasteiger partial charge on any atom is 0.336 e. The quantitative estimate of drug-likeness (QED) is 0.711. The predicted octanol–water partition coefficient (Wildman–Crippen LogP) is 4.22. The van der Waals surface area contributed by atoms with E-state index < -0.39 is 11.9 Å².